The predicted octanol–water partition coefficient (Wildman–Crippen LogP) is 3.03. The van der Waals surface area contributed by atoms with E-state index < -0.39 is 5.97 Å². The number of rotatable bonds is 4. The maximum absolute atomic E-state index is 13.0. The van der Waals surface area contributed by atoms with Crippen LogP contribution in [0.15, 0.2) is 24.4 Å². The number of hydrogen-bond donors (Lipinski definition) is 2. The minimum absolute atomic E-state index is 0. The number of likely N-dealkylation sites (tertiary alicyclic amines) is 1. The lowest BCUT2D eigenvalue weighted by Gasteiger charge is -2.35. The summed E-state index contributed by atoms with van der Waals surface area (Å²) in [7, 11) is 0. The summed E-state index contributed by atoms with van der Waals surface area (Å²) in [6.45, 7) is 1.07. The third-order valence-electron chi connectivity index (χ3n) is 7.76. The van der Waals surface area contributed by atoms with Gasteiger partial charge < -0.3 is 10.0 Å². The first kappa shape index (κ1) is 25.2. The van der Waals surface area contributed by atoms with Crippen LogP contribution in [-0.4, -0.2) is 56.6 Å². The van der Waals surface area contributed by atoms with Crippen molar-refractivity contribution in [2.75, 3.05) is 13.1 Å². The van der Waals surface area contributed by atoms with E-state index in [1.54, 1.807) is 0 Å². The highest BCUT2D eigenvalue weighted by Crippen LogP contribution is 2.35. The largest absolute Gasteiger partial charge is 0.481 e. The third-order valence-corrected chi connectivity index (χ3v) is 7.76. The third kappa shape index (κ3) is 5.19. The van der Waals surface area contributed by atoms with Crippen molar-refractivity contribution < 1.29 is 24.3 Å². The van der Waals surface area contributed by atoms with E-state index in [-0.39, 0.29) is 53.9 Å². The first-order valence-electron chi connectivity index (χ1n) is 12.2. The van der Waals surface area contributed by atoms with Crippen LogP contribution >= 0.6 is 12.4 Å². The molecule has 1 aliphatic carbocycles. The molecule has 2 saturated heterocycles. The molecule has 9 nitrogen and oxygen atoms in total. The zero-order valence-corrected chi connectivity index (χ0v) is 20.3. The van der Waals surface area contributed by atoms with Crippen molar-refractivity contribution in [2.45, 2.75) is 63.3 Å². The van der Waals surface area contributed by atoms with Crippen molar-refractivity contribution in [1.29, 1.82) is 0 Å². The zero-order valence-electron chi connectivity index (χ0n) is 19.5. The first-order chi connectivity index (χ1) is 16.4. The lowest BCUT2D eigenvalue weighted by Crippen LogP contribution is -2.43. The van der Waals surface area contributed by atoms with E-state index in [0.29, 0.717) is 38.8 Å². The fourth-order valence-corrected chi connectivity index (χ4v) is 5.67. The van der Waals surface area contributed by atoms with Crippen LogP contribution in [0.2, 0.25) is 0 Å². The van der Waals surface area contributed by atoms with Gasteiger partial charge in [-0.3, -0.25) is 29.2 Å². The van der Waals surface area contributed by atoms with Gasteiger partial charge in [-0.15, -0.1) is 12.4 Å². The number of nitrogens with one attached hydrogen (secondary N) is 1. The molecule has 2 aromatic rings. The standard InChI is InChI=1S/C25H30N4O5.ClH/c30-22-8-6-20(23(31)26-22)17-3-7-21-18(13-17)14-29(27-21)19-4-1-15(2-5-19)24(32)28-11-9-16(10-12-28)25(33)34;/h3,7,13-16,19-20H,1-2,4-6,8-12H2,(H,33,34)(H,26,30,31);1H/t15?,19?,20-;/m0./s1. The number of aliphatic carboxylic acids is 1. The number of halogens is 1. The van der Waals surface area contributed by atoms with Crippen LogP contribution in [0.1, 0.15) is 68.9 Å². The van der Waals surface area contributed by atoms with Crippen LogP contribution in [0.4, 0.5) is 0 Å². The molecular formula is C25H31ClN4O5. The Morgan fingerprint density at radius 3 is 2.34 bits per heavy atom. The normalized spacial score (nSPS) is 25.7. The van der Waals surface area contributed by atoms with E-state index in [2.05, 4.69) is 5.32 Å². The lowest BCUT2D eigenvalue weighted by molar-refractivity contribution is -0.147. The van der Waals surface area contributed by atoms with Gasteiger partial charge in [0.25, 0.3) is 0 Å². The number of nitrogens with zero attached hydrogens (tertiary/aromatic N) is 3. The van der Waals surface area contributed by atoms with Crippen molar-refractivity contribution in [1.82, 2.24) is 20.0 Å². The van der Waals surface area contributed by atoms with Crippen molar-refractivity contribution in [3.05, 3.63) is 30.0 Å². The summed E-state index contributed by atoms with van der Waals surface area (Å²) in [6.07, 6.45) is 7.33. The minimum Gasteiger partial charge on any atom is -0.481 e. The van der Waals surface area contributed by atoms with Gasteiger partial charge in [0.05, 0.1) is 23.4 Å². The maximum atomic E-state index is 13.0. The number of hydrogen-bond acceptors (Lipinski definition) is 5. The Morgan fingerprint density at radius 1 is 0.971 bits per heavy atom. The number of aromatic nitrogens is 2. The summed E-state index contributed by atoms with van der Waals surface area (Å²) in [6, 6.07) is 6.08. The Labute approximate surface area is 209 Å². The monoisotopic (exact) mass is 502 g/mol. The van der Waals surface area contributed by atoms with Crippen LogP contribution < -0.4 is 5.32 Å². The summed E-state index contributed by atoms with van der Waals surface area (Å²) in [4.78, 5) is 49.6. The van der Waals surface area contributed by atoms with Gasteiger partial charge in [-0.1, -0.05) is 6.07 Å². The first-order valence-corrected chi connectivity index (χ1v) is 12.2. The van der Waals surface area contributed by atoms with Crippen LogP contribution in [0, 0.1) is 11.8 Å². The fraction of sp³-hybridized carbons (Fsp3) is 0.560. The zero-order chi connectivity index (χ0) is 23.8. The highest BCUT2D eigenvalue weighted by molar-refractivity contribution is 6.01. The van der Waals surface area contributed by atoms with Crippen molar-refractivity contribution >= 4 is 47.0 Å². The Morgan fingerprint density at radius 2 is 1.69 bits per heavy atom. The molecule has 3 fully saturated rings. The molecule has 188 valence electrons. The summed E-state index contributed by atoms with van der Waals surface area (Å²) in [5.41, 5.74) is 1.77. The van der Waals surface area contributed by atoms with Crippen molar-refractivity contribution in [3.63, 3.8) is 0 Å². The van der Waals surface area contributed by atoms with Gasteiger partial charge in [0.1, 0.15) is 0 Å². The Kier molecular flexibility index (Phi) is 7.44. The second-order valence-electron chi connectivity index (χ2n) is 9.87. The molecule has 3 aliphatic rings. The van der Waals surface area contributed by atoms with Crippen molar-refractivity contribution in [2.24, 2.45) is 11.8 Å². The van der Waals surface area contributed by atoms with Crippen LogP contribution in [0.5, 0.6) is 0 Å². The predicted molar refractivity (Wildman–Crippen MR) is 130 cm³/mol. The van der Waals surface area contributed by atoms with E-state index >= 15 is 0 Å². The number of amides is 3. The van der Waals surface area contributed by atoms with Crippen LogP contribution in [0.3, 0.4) is 0 Å². The van der Waals surface area contributed by atoms with E-state index in [1.807, 2.05) is 34.0 Å². The van der Waals surface area contributed by atoms with Gasteiger partial charge in [-0.2, -0.15) is 5.10 Å². The van der Waals surface area contributed by atoms with Gasteiger partial charge in [-0.05, 0) is 62.6 Å². The van der Waals surface area contributed by atoms with Crippen LogP contribution in [-0.2, 0) is 19.2 Å². The average molecular weight is 503 g/mol. The molecule has 2 N–H and O–H groups in total. The average Bonchev–Trinajstić information content (AvgIpc) is 3.27. The quantitative estimate of drug-likeness (QED) is 0.620. The molecule has 1 aromatic heterocycles. The van der Waals surface area contributed by atoms with E-state index in [9.17, 15) is 19.2 Å². The SMILES string of the molecule is Cl.O=C1CC[C@@H](c2ccc3nn(C4CCC(C(=O)N5CCC(C(=O)O)CC5)CC4)cc3c2)C(=O)N1. The fourth-order valence-electron chi connectivity index (χ4n) is 5.67. The molecule has 1 aromatic carbocycles. The number of carboxylic acid groups (broad SMARTS) is 1. The van der Waals surface area contributed by atoms with Gasteiger partial charge in [0, 0.05) is 37.0 Å². The molecule has 0 radical (unpaired) electrons. The molecule has 10 heteroatoms. The van der Waals surface area contributed by atoms with Gasteiger partial charge >= 0.3 is 5.97 Å². The summed E-state index contributed by atoms with van der Waals surface area (Å²) in [5, 5.41) is 17.3. The Balaban J connectivity index is 0.00000289. The minimum atomic E-state index is -0.761. The van der Waals surface area contributed by atoms with Gasteiger partial charge in [0.2, 0.25) is 17.7 Å². The number of benzene rings is 1. The molecule has 3 heterocycles. The highest BCUT2D eigenvalue weighted by atomic mass is 35.5. The van der Waals surface area contributed by atoms with Crippen LogP contribution in [0.25, 0.3) is 10.9 Å². The molecule has 2 aliphatic heterocycles. The second-order valence-corrected chi connectivity index (χ2v) is 9.87. The van der Waals surface area contributed by atoms with Gasteiger partial charge in [-0.25, -0.2) is 0 Å². The smallest absolute Gasteiger partial charge is 0.306 e. The molecule has 35 heavy (non-hydrogen) atoms. The summed E-state index contributed by atoms with van der Waals surface area (Å²) < 4.78 is 2.00. The number of fused-ring (bicyclic) bond motifs is 1. The summed E-state index contributed by atoms with van der Waals surface area (Å²) >= 11 is 0. The molecule has 1 saturated carbocycles. The molecule has 0 bridgehead atoms. The molecule has 0 unspecified atom stereocenters. The number of carbonyl (C=O) groups excluding carboxylic acids is 3. The topological polar surface area (TPSA) is 122 Å². The molecule has 1 atom stereocenters. The molecular weight excluding hydrogens is 472 g/mol. The molecule has 5 rings (SSSR count). The number of piperidine rings is 2. The Hall–Kier alpha value is -2.94. The van der Waals surface area contributed by atoms with Crippen molar-refractivity contribution in [3.8, 4) is 0 Å². The van der Waals surface area contributed by atoms with E-state index in [4.69, 9.17) is 10.2 Å². The number of carboxylic acids is 1. The van der Waals surface area contributed by atoms with E-state index in [1.165, 1.54) is 0 Å². The van der Waals surface area contributed by atoms with E-state index in [0.717, 1.165) is 42.1 Å². The van der Waals surface area contributed by atoms with Gasteiger partial charge in [0.15, 0.2) is 0 Å². The number of imide groups is 1. The molecule has 0 spiro atoms. The lowest BCUT2D eigenvalue weighted by atomic mass is 9.84. The highest BCUT2D eigenvalue weighted by Gasteiger charge is 2.34. The second kappa shape index (κ2) is 10.4. The molecule has 3 amide bonds. The number of carbonyl (C=O) groups is 4. The maximum Gasteiger partial charge on any atom is 0.306 e. The Bertz CT molecular complexity index is 1130. The summed E-state index contributed by atoms with van der Waals surface area (Å²) in [5.74, 6) is -1.68.